The second-order valence-corrected chi connectivity index (χ2v) is 9.31. The van der Waals surface area contributed by atoms with Gasteiger partial charge >= 0.3 is 6.01 Å². The van der Waals surface area contributed by atoms with Crippen molar-refractivity contribution in [2.75, 3.05) is 48.8 Å². The van der Waals surface area contributed by atoms with E-state index in [1.807, 2.05) is 24.3 Å². The number of nitrogens with zero attached hydrogens (tertiary/aromatic N) is 5. The topological polar surface area (TPSA) is 111 Å². The quantitative estimate of drug-likeness (QED) is 0.289. The fraction of sp³-hybridized carbons (Fsp3) is 0.200. The second kappa shape index (κ2) is 10.3. The molecule has 4 aromatic rings. The Morgan fingerprint density at radius 3 is 2.64 bits per heavy atom. The molecule has 0 radical (unpaired) electrons. The number of fused-ring (bicyclic) bond motifs is 1. The number of ether oxygens (including phenoxy) is 1. The molecule has 0 aliphatic carbocycles. The normalized spacial score (nSPS) is 14.0. The van der Waals surface area contributed by atoms with E-state index >= 15 is 0 Å². The van der Waals surface area contributed by atoms with Crippen LogP contribution in [0.1, 0.15) is 0 Å². The number of aromatic amines is 1. The maximum Gasteiger partial charge on any atom is 0.325 e. The molecule has 0 atom stereocenters. The Morgan fingerprint density at radius 2 is 1.89 bits per heavy atom. The Balaban J connectivity index is 1.43. The molecule has 0 unspecified atom stereocenters. The molecule has 3 heterocycles. The lowest BCUT2D eigenvalue weighted by molar-refractivity contribution is -0.111. The summed E-state index contributed by atoms with van der Waals surface area (Å²) in [6.45, 7) is 7.05. The Kier molecular flexibility index (Phi) is 6.83. The van der Waals surface area contributed by atoms with Crippen LogP contribution in [0.4, 0.5) is 23.1 Å². The number of anilines is 4. The molecular weight excluding hydrogens is 524 g/mol. The lowest BCUT2D eigenvalue weighted by Crippen LogP contribution is -2.44. The van der Waals surface area contributed by atoms with Crippen LogP contribution in [-0.2, 0) is 4.79 Å². The van der Waals surface area contributed by atoms with E-state index in [-0.39, 0.29) is 11.9 Å². The third-order valence-corrected chi connectivity index (χ3v) is 6.30. The van der Waals surface area contributed by atoms with Crippen LogP contribution in [0.5, 0.6) is 11.8 Å². The van der Waals surface area contributed by atoms with Gasteiger partial charge < -0.3 is 25.2 Å². The van der Waals surface area contributed by atoms with Crippen molar-refractivity contribution in [3.05, 3.63) is 65.7 Å². The largest absolute Gasteiger partial charge is 0.424 e. The molecule has 0 saturated carbocycles. The summed E-state index contributed by atoms with van der Waals surface area (Å²) >= 11 is 3.52. The number of carbonyl (C=O) groups excluding carboxylic acids is 1. The van der Waals surface area contributed by atoms with Gasteiger partial charge in [0.15, 0.2) is 5.82 Å². The summed E-state index contributed by atoms with van der Waals surface area (Å²) in [6.07, 6.45) is 1.22. The van der Waals surface area contributed by atoms with Crippen LogP contribution >= 0.6 is 15.9 Å². The molecule has 1 amide bonds. The van der Waals surface area contributed by atoms with E-state index in [1.165, 1.54) is 6.08 Å². The zero-order valence-electron chi connectivity index (χ0n) is 19.7. The lowest BCUT2D eigenvalue weighted by atomic mass is 10.2. The lowest BCUT2D eigenvalue weighted by Gasteiger charge is -2.33. The smallest absolute Gasteiger partial charge is 0.325 e. The Morgan fingerprint density at radius 1 is 1.11 bits per heavy atom. The minimum absolute atomic E-state index is 0.206. The highest BCUT2D eigenvalue weighted by molar-refractivity contribution is 9.10. The molecule has 2 aromatic heterocycles. The van der Waals surface area contributed by atoms with E-state index in [9.17, 15) is 4.79 Å². The molecule has 0 bridgehead atoms. The average molecular weight is 549 g/mol. The summed E-state index contributed by atoms with van der Waals surface area (Å²) in [6, 6.07) is 15.0. The maximum atomic E-state index is 11.5. The fourth-order valence-corrected chi connectivity index (χ4v) is 4.19. The van der Waals surface area contributed by atoms with Crippen molar-refractivity contribution in [3.63, 3.8) is 0 Å². The summed E-state index contributed by atoms with van der Waals surface area (Å²) in [5.41, 5.74) is 1.55. The molecule has 3 N–H and O–H groups in total. The maximum absolute atomic E-state index is 11.5. The highest BCUT2D eigenvalue weighted by Gasteiger charge is 2.19. The van der Waals surface area contributed by atoms with Crippen molar-refractivity contribution in [2.45, 2.75) is 0 Å². The van der Waals surface area contributed by atoms with Gasteiger partial charge in [0.25, 0.3) is 0 Å². The Hall–Kier alpha value is -3.96. The minimum atomic E-state index is -0.277. The molecule has 0 spiro atoms. The van der Waals surface area contributed by atoms with E-state index < -0.39 is 0 Å². The van der Waals surface area contributed by atoms with Crippen molar-refractivity contribution in [3.8, 4) is 11.8 Å². The highest BCUT2D eigenvalue weighted by Crippen LogP contribution is 2.30. The van der Waals surface area contributed by atoms with Crippen LogP contribution in [0, 0.1) is 0 Å². The summed E-state index contributed by atoms with van der Waals surface area (Å²) in [5.74, 6) is 2.26. The summed E-state index contributed by atoms with van der Waals surface area (Å²) in [4.78, 5) is 25.3. The average Bonchev–Trinajstić information content (AvgIpc) is 3.27. The second-order valence-electron chi connectivity index (χ2n) is 8.39. The van der Waals surface area contributed by atoms with E-state index in [0.29, 0.717) is 23.1 Å². The van der Waals surface area contributed by atoms with Crippen LogP contribution < -0.4 is 20.3 Å². The number of likely N-dealkylation sites (N-methyl/N-ethyl adjacent to an activating group) is 1. The zero-order chi connectivity index (χ0) is 25.1. The molecule has 10 nitrogen and oxygen atoms in total. The first-order chi connectivity index (χ1) is 17.5. The van der Waals surface area contributed by atoms with Gasteiger partial charge in [0, 0.05) is 47.8 Å². The van der Waals surface area contributed by atoms with Crippen LogP contribution in [0.2, 0.25) is 0 Å². The van der Waals surface area contributed by atoms with Crippen LogP contribution in [0.3, 0.4) is 0 Å². The molecule has 184 valence electrons. The van der Waals surface area contributed by atoms with Gasteiger partial charge in [-0.05, 0) is 55.6 Å². The molecule has 1 fully saturated rings. The molecule has 1 saturated heterocycles. The molecule has 2 aromatic carbocycles. The minimum Gasteiger partial charge on any atom is -0.424 e. The number of hydrogen-bond donors (Lipinski definition) is 3. The van der Waals surface area contributed by atoms with Gasteiger partial charge in [0.1, 0.15) is 17.4 Å². The number of nitrogens with one attached hydrogen (secondary N) is 3. The summed E-state index contributed by atoms with van der Waals surface area (Å²) in [5, 5.41) is 14.4. The number of amides is 1. The summed E-state index contributed by atoms with van der Waals surface area (Å²) in [7, 11) is 2.11. The van der Waals surface area contributed by atoms with Gasteiger partial charge in [-0.25, -0.2) is 0 Å². The monoisotopic (exact) mass is 548 g/mol. The van der Waals surface area contributed by atoms with Gasteiger partial charge in [0.05, 0.1) is 5.52 Å². The van der Waals surface area contributed by atoms with Gasteiger partial charge in [-0.3, -0.25) is 9.89 Å². The SMILES string of the molecule is C=CC(=O)Nc1ccc(Oc2nc(Nc3n[nH]c4ccc(Br)cc34)cc(N3CCN(C)CC3)n2)cc1. The fourth-order valence-electron chi connectivity index (χ4n) is 3.83. The van der Waals surface area contributed by atoms with Crippen molar-refractivity contribution < 1.29 is 9.53 Å². The van der Waals surface area contributed by atoms with E-state index in [1.54, 1.807) is 24.3 Å². The number of halogens is 1. The third kappa shape index (κ3) is 5.47. The predicted octanol–water partition coefficient (Wildman–Crippen LogP) is 4.53. The van der Waals surface area contributed by atoms with E-state index in [2.05, 4.69) is 70.2 Å². The molecule has 36 heavy (non-hydrogen) atoms. The first kappa shape index (κ1) is 23.8. The first-order valence-corrected chi connectivity index (χ1v) is 12.2. The number of H-pyrrole nitrogens is 1. The van der Waals surface area contributed by atoms with E-state index in [4.69, 9.17) is 4.74 Å². The first-order valence-electron chi connectivity index (χ1n) is 11.4. The third-order valence-electron chi connectivity index (χ3n) is 5.81. The van der Waals surface area contributed by atoms with Crippen molar-refractivity contribution in [1.29, 1.82) is 0 Å². The van der Waals surface area contributed by atoms with E-state index in [0.717, 1.165) is 47.4 Å². The molecular formula is C25H25BrN8O2. The van der Waals surface area contributed by atoms with Gasteiger partial charge in [-0.1, -0.05) is 22.5 Å². The number of hydrogen-bond acceptors (Lipinski definition) is 8. The van der Waals surface area contributed by atoms with Gasteiger partial charge in [-0.15, -0.1) is 0 Å². The highest BCUT2D eigenvalue weighted by atomic mass is 79.9. The molecule has 1 aliphatic rings. The summed E-state index contributed by atoms with van der Waals surface area (Å²) < 4.78 is 6.97. The molecule has 1 aliphatic heterocycles. The van der Waals surface area contributed by atoms with Crippen LogP contribution in [-0.4, -0.2) is 64.2 Å². The van der Waals surface area contributed by atoms with Crippen molar-refractivity contribution in [2.24, 2.45) is 0 Å². The predicted molar refractivity (Wildman–Crippen MR) is 144 cm³/mol. The standard InChI is InChI=1S/C25H25BrN8O2/c1-3-23(35)27-17-5-7-18(8-6-17)36-25-29-21(15-22(30-25)34-12-10-33(2)11-13-34)28-24-19-14-16(26)4-9-20(19)31-32-24/h3-9,14-15H,1,10-13H2,2H3,(H,27,35)(H2,28,29,30,31,32). The van der Waals surface area contributed by atoms with Crippen molar-refractivity contribution in [1.82, 2.24) is 25.1 Å². The van der Waals surface area contributed by atoms with Crippen LogP contribution in [0.25, 0.3) is 10.9 Å². The van der Waals surface area contributed by atoms with Crippen LogP contribution in [0.15, 0.2) is 65.7 Å². The zero-order valence-corrected chi connectivity index (χ0v) is 21.2. The Labute approximate surface area is 216 Å². The number of carbonyl (C=O) groups is 1. The number of aromatic nitrogens is 4. The molecule has 5 rings (SSSR count). The van der Waals surface area contributed by atoms with Gasteiger partial charge in [-0.2, -0.15) is 15.1 Å². The number of rotatable bonds is 7. The van der Waals surface area contributed by atoms with Gasteiger partial charge in [0.2, 0.25) is 5.91 Å². The number of benzene rings is 2. The Bertz CT molecular complexity index is 1400. The van der Waals surface area contributed by atoms with Crippen molar-refractivity contribution >= 4 is 55.9 Å². The number of piperazine rings is 1. The molecule has 11 heteroatoms.